The first-order valence-corrected chi connectivity index (χ1v) is 9.06. The van der Waals surface area contributed by atoms with Crippen molar-refractivity contribution in [2.24, 2.45) is 0 Å². The lowest BCUT2D eigenvalue weighted by Gasteiger charge is -2.22. The molecule has 0 unspecified atom stereocenters. The topological polar surface area (TPSA) is 71.9 Å². The second kappa shape index (κ2) is 7.93. The van der Waals surface area contributed by atoms with E-state index in [0.717, 1.165) is 24.0 Å². The summed E-state index contributed by atoms with van der Waals surface area (Å²) in [6.07, 6.45) is 1.78. The van der Waals surface area contributed by atoms with E-state index in [-0.39, 0.29) is 0 Å². The quantitative estimate of drug-likeness (QED) is 0.626. The van der Waals surface area contributed by atoms with Crippen LogP contribution in [-0.4, -0.2) is 31.3 Å². The summed E-state index contributed by atoms with van der Waals surface area (Å²) in [6.45, 7) is 5.52. The standard InChI is InChI=1S/C21H19B2N3O2/c1-4-6-15-16(7-5-8-17(15)22)19-25-20(28-26-19)13-9-10-18(14(11-13)12-24)27-21(2,3)23/h5,7-11H,4,6H2,1-3H3. The average molecular weight is 367 g/mol. The molecule has 3 aromatic rings. The van der Waals surface area contributed by atoms with Crippen LogP contribution in [0.3, 0.4) is 0 Å². The van der Waals surface area contributed by atoms with Gasteiger partial charge in [0, 0.05) is 11.1 Å². The molecule has 28 heavy (non-hydrogen) atoms. The summed E-state index contributed by atoms with van der Waals surface area (Å²) in [6, 6.07) is 12.9. The monoisotopic (exact) mass is 367 g/mol. The Balaban J connectivity index is 1.97. The number of aromatic nitrogens is 2. The minimum Gasteiger partial charge on any atom is -0.497 e. The lowest BCUT2D eigenvalue weighted by molar-refractivity contribution is 0.197. The zero-order chi connectivity index (χ0) is 20.3. The van der Waals surface area contributed by atoms with Gasteiger partial charge in [-0.05, 0) is 44.0 Å². The van der Waals surface area contributed by atoms with Crippen LogP contribution in [0.25, 0.3) is 22.8 Å². The van der Waals surface area contributed by atoms with E-state index in [1.165, 1.54) is 0 Å². The van der Waals surface area contributed by atoms with Gasteiger partial charge in [-0.1, -0.05) is 42.2 Å². The summed E-state index contributed by atoms with van der Waals surface area (Å²) in [7, 11) is 12.0. The highest BCUT2D eigenvalue weighted by molar-refractivity contribution is 6.33. The number of nitriles is 1. The minimum absolute atomic E-state index is 0.315. The molecule has 1 heterocycles. The van der Waals surface area contributed by atoms with E-state index in [1.807, 2.05) is 18.2 Å². The fourth-order valence-electron chi connectivity index (χ4n) is 2.92. The second-order valence-electron chi connectivity index (χ2n) is 7.07. The Morgan fingerprint density at radius 3 is 2.71 bits per heavy atom. The highest BCUT2D eigenvalue weighted by Gasteiger charge is 2.18. The fourth-order valence-corrected chi connectivity index (χ4v) is 2.92. The van der Waals surface area contributed by atoms with Crippen LogP contribution < -0.4 is 10.2 Å². The molecule has 2 aromatic carbocycles. The SMILES string of the molecule is [B]c1cccc(-c2noc(-c3ccc(OC([B])(C)C)c(C#N)c3)n2)c1CCC. The summed E-state index contributed by atoms with van der Waals surface area (Å²) >= 11 is 0. The second-order valence-corrected chi connectivity index (χ2v) is 7.07. The van der Waals surface area contributed by atoms with Crippen molar-refractivity contribution in [2.75, 3.05) is 0 Å². The van der Waals surface area contributed by atoms with Crippen molar-refractivity contribution in [2.45, 2.75) is 39.1 Å². The maximum atomic E-state index is 9.44. The minimum atomic E-state index is -0.895. The third-order valence-corrected chi connectivity index (χ3v) is 4.10. The molecule has 0 aliphatic rings. The van der Waals surface area contributed by atoms with Crippen LogP contribution in [0.2, 0.25) is 0 Å². The Kier molecular flexibility index (Phi) is 5.60. The van der Waals surface area contributed by atoms with Gasteiger partial charge in [-0.25, -0.2) is 0 Å². The van der Waals surface area contributed by atoms with Gasteiger partial charge < -0.3 is 9.26 Å². The van der Waals surface area contributed by atoms with Gasteiger partial charge >= 0.3 is 0 Å². The van der Waals surface area contributed by atoms with E-state index in [1.54, 1.807) is 32.0 Å². The first-order valence-electron chi connectivity index (χ1n) is 9.06. The van der Waals surface area contributed by atoms with Gasteiger partial charge in [0.25, 0.3) is 5.89 Å². The predicted octanol–water partition coefficient (Wildman–Crippen LogP) is 3.30. The highest BCUT2D eigenvalue weighted by atomic mass is 16.5. The third kappa shape index (κ3) is 4.28. The van der Waals surface area contributed by atoms with Gasteiger partial charge in [-0.2, -0.15) is 10.2 Å². The van der Waals surface area contributed by atoms with Crippen molar-refractivity contribution in [3.05, 3.63) is 47.5 Å². The van der Waals surface area contributed by atoms with Crippen molar-refractivity contribution in [1.82, 2.24) is 10.1 Å². The molecule has 4 radical (unpaired) electrons. The molecule has 0 aliphatic heterocycles. The Hall–Kier alpha value is -3.00. The first kappa shape index (κ1) is 19.8. The number of ether oxygens (including phenoxy) is 1. The van der Waals surface area contributed by atoms with Gasteiger partial charge in [-0.15, -0.1) is 0 Å². The number of benzene rings is 2. The van der Waals surface area contributed by atoms with Crippen LogP contribution in [0.1, 0.15) is 38.3 Å². The molecule has 0 bridgehead atoms. The van der Waals surface area contributed by atoms with E-state index in [0.29, 0.717) is 34.1 Å². The summed E-state index contributed by atoms with van der Waals surface area (Å²) in [5.41, 5.74) is 2.63. The lowest BCUT2D eigenvalue weighted by Crippen LogP contribution is -2.28. The molecule has 0 saturated heterocycles. The average Bonchev–Trinajstić information content (AvgIpc) is 3.12. The summed E-state index contributed by atoms with van der Waals surface area (Å²) in [5, 5.41) is 13.6. The summed E-state index contributed by atoms with van der Waals surface area (Å²) in [4.78, 5) is 4.51. The van der Waals surface area contributed by atoms with Gasteiger partial charge in [0.1, 0.15) is 27.5 Å². The van der Waals surface area contributed by atoms with E-state index in [4.69, 9.17) is 25.0 Å². The smallest absolute Gasteiger partial charge is 0.258 e. The zero-order valence-corrected chi connectivity index (χ0v) is 16.2. The highest BCUT2D eigenvalue weighted by Crippen LogP contribution is 2.29. The molecule has 3 rings (SSSR count). The third-order valence-electron chi connectivity index (χ3n) is 4.10. The predicted molar refractivity (Wildman–Crippen MR) is 110 cm³/mol. The molecule has 0 N–H and O–H groups in total. The molecular formula is C21H19B2N3O2. The van der Waals surface area contributed by atoms with Crippen molar-refractivity contribution in [3.8, 4) is 34.7 Å². The summed E-state index contributed by atoms with van der Waals surface area (Å²) in [5.74, 6) is 1.18. The molecule has 0 amide bonds. The lowest BCUT2D eigenvalue weighted by atomic mass is 9.85. The maximum absolute atomic E-state index is 9.44. The van der Waals surface area contributed by atoms with E-state index >= 15 is 0 Å². The van der Waals surface area contributed by atoms with Crippen LogP contribution in [0, 0.1) is 11.3 Å². The molecule has 7 heteroatoms. The van der Waals surface area contributed by atoms with Crippen molar-refractivity contribution in [3.63, 3.8) is 0 Å². The van der Waals surface area contributed by atoms with Crippen LogP contribution in [-0.2, 0) is 6.42 Å². The van der Waals surface area contributed by atoms with E-state index < -0.39 is 5.50 Å². The Bertz CT molecular complexity index is 1030. The molecule has 0 atom stereocenters. The van der Waals surface area contributed by atoms with E-state index in [9.17, 15) is 5.26 Å². The van der Waals surface area contributed by atoms with Crippen LogP contribution in [0.15, 0.2) is 40.9 Å². The van der Waals surface area contributed by atoms with Crippen molar-refractivity contribution >= 4 is 21.2 Å². The Labute approximate surface area is 167 Å². The number of hydrogen-bond donors (Lipinski definition) is 0. The van der Waals surface area contributed by atoms with Gasteiger partial charge in [0.15, 0.2) is 0 Å². The first-order chi connectivity index (χ1) is 13.3. The molecule has 136 valence electrons. The molecule has 0 aliphatic carbocycles. The number of hydrogen-bond acceptors (Lipinski definition) is 5. The Morgan fingerprint density at radius 1 is 1.25 bits per heavy atom. The zero-order valence-electron chi connectivity index (χ0n) is 16.2. The number of rotatable bonds is 6. The molecule has 0 fully saturated rings. The largest absolute Gasteiger partial charge is 0.497 e. The molecule has 5 nitrogen and oxygen atoms in total. The van der Waals surface area contributed by atoms with Crippen LogP contribution >= 0.6 is 0 Å². The fraction of sp³-hybridized carbons (Fsp3) is 0.286. The van der Waals surface area contributed by atoms with Gasteiger partial charge in [0.05, 0.1) is 11.1 Å². The van der Waals surface area contributed by atoms with Crippen LogP contribution in [0.5, 0.6) is 5.75 Å². The normalized spacial score (nSPS) is 11.2. The maximum Gasteiger partial charge on any atom is 0.258 e. The summed E-state index contributed by atoms with van der Waals surface area (Å²) < 4.78 is 11.1. The molecule has 1 aromatic heterocycles. The molecule has 0 spiro atoms. The van der Waals surface area contributed by atoms with Crippen molar-refractivity contribution in [1.29, 1.82) is 5.26 Å². The van der Waals surface area contributed by atoms with Crippen molar-refractivity contribution < 1.29 is 9.26 Å². The van der Waals surface area contributed by atoms with Gasteiger partial charge in [-0.3, -0.25) is 0 Å². The number of nitrogens with zero attached hydrogens (tertiary/aromatic N) is 3. The molecular weight excluding hydrogens is 348 g/mol. The van der Waals surface area contributed by atoms with Gasteiger partial charge in [0.2, 0.25) is 5.82 Å². The van der Waals surface area contributed by atoms with E-state index in [2.05, 4.69) is 23.1 Å². The molecule has 0 saturated carbocycles. The van der Waals surface area contributed by atoms with Crippen LogP contribution in [0.4, 0.5) is 0 Å². The Morgan fingerprint density at radius 2 is 2.04 bits per heavy atom.